The highest BCUT2D eigenvalue weighted by molar-refractivity contribution is 7.92. The Morgan fingerprint density at radius 3 is 2.23 bits per heavy atom. The van der Waals surface area contributed by atoms with Gasteiger partial charge in [-0.25, -0.2) is 13.8 Å². The van der Waals surface area contributed by atoms with Crippen LogP contribution in [0.1, 0.15) is 22.5 Å². The second-order valence-electron chi connectivity index (χ2n) is 8.85. The number of aryl methyl sites for hydroxylation is 2. The molecule has 0 aliphatic heterocycles. The normalized spacial score (nSPS) is 11.6. The highest BCUT2D eigenvalue weighted by Crippen LogP contribution is 2.29. The van der Waals surface area contributed by atoms with E-state index in [2.05, 4.69) is 10.5 Å². The fraction of sp³-hybridized carbons (Fsp3) is 0.143. The lowest BCUT2D eigenvalue weighted by molar-refractivity contribution is -0.119. The molecule has 7 nitrogen and oxygen atoms in total. The fourth-order valence-electron chi connectivity index (χ4n) is 4.05. The third kappa shape index (κ3) is 6.47. The van der Waals surface area contributed by atoms with Crippen molar-refractivity contribution in [1.82, 2.24) is 9.99 Å². The number of nitrogens with zero attached hydrogens (tertiary/aromatic N) is 3. The van der Waals surface area contributed by atoms with E-state index in [1.54, 1.807) is 54.6 Å². The van der Waals surface area contributed by atoms with Gasteiger partial charge in [0, 0.05) is 27.0 Å². The third-order valence-corrected chi connectivity index (χ3v) is 8.62. The SMILES string of the molecule is Cc1ccc(S(=O)(=O)N(CC(=O)N/N=C\c2cc(C)n(-c3cc(Cl)ccc3Cl)c2C)c2ccc(Cl)cc2)cc1. The molecule has 1 heterocycles. The Kier molecular flexibility index (Phi) is 8.71. The zero-order valence-electron chi connectivity index (χ0n) is 21.3. The van der Waals surface area contributed by atoms with Crippen LogP contribution < -0.4 is 9.73 Å². The lowest BCUT2D eigenvalue weighted by atomic mass is 10.2. The number of hydrazone groups is 1. The molecule has 1 N–H and O–H groups in total. The molecular formula is C28H25Cl3N4O3S. The molecule has 0 aliphatic carbocycles. The minimum atomic E-state index is -4.05. The average Bonchev–Trinajstić information content (AvgIpc) is 3.17. The van der Waals surface area contributed by atoms with Gasteiger partial charge in [0.15, 0.2) is 0 Å². The van der Waals surface area contributed by atoms with Crippen molar-refractivity contribution >= 4 is 62.6 Å². The molecule has 0 saturated carbocycles. The van der Waals surface area contributed by atoms with E-state index in [9.17, 15) is 13.2 Å². The van der Waals surface area contributed by atoms with Gasteiger partial charge in [0.25, 0.3) is 15.9 Å². The predicted molar refractivity (Wildman–Crippen MR) is 158 cm³/mol. The number of hydrogen-bond acceptors (Lipinski definition) is 4. The summed E-state index contributed by atoms with van der Waals surface area (Å²) in [5.41, 5.74) is 6.83. The number of carbonyl (C=O) groups is 1. The summed E-state index contributed by atoms with van der Waals surface area (Å²) in [7, 11) is -4.05. The molecule has 0 aliphatic rings. The van der Waals surface area contributed by atoms with Gasteiger partial charge in [0.2, 0.25) is 0 Å². The van der Waals surface area contributed by atoms with Crippen molar-refractivity contribution in [2.24, 2.45) is 5.10 Å². The number of hydrogen-bond donors (Lipinski definition) is 1. The minimum Gasteiger partial charge on any atom is -0.316 e. The van der Waals surface area contributed by atoms with E-state index >= 15 is 0 Å². The van der Waals surface area contributed by atoms with Gasteiger partial charge in [-0.05, 0) is 81.4 Å². The Labute approximate surface area is 242 Å². The molecule has 0 bridgehead atoms. The molecule has 0 unspecified atom stereocenters. The number of halogens is 3. The standard InChI is InChI=1S/C28H25Cl3N4O3S/c1-18-4-11-25(12-5-18)39(37,38)34(24-9-6-22(29)7-10-24)17-28(36)33-32-16-21-14-19(2)35(20(21)3)27-15-23(30)8-13-26(27)31/h4-16H,17H2,1-3H3,(H,33,36)/b32-16-. The maximum atomic E-state index is 13.5. The summed E-state index contributed by atoms with van der Waals surface area (Å²) in [5.74, 6) is -0.622. The van der Waals surface area contributed by atoms with E-state index in [1.165, 1.54) is 18.3 Å². The van der Waals surface area contributed by atoms with Gasteiger partial charge < -0.3 is 4.57 Å². The summed E-state index contributed by atoms with van der Waals surface area (Å²) in [5, 5.41) is 5.61. The zero-order valence-corrected chi connectivity index (χ0v) is 24.4. The van der Waals surface area contributed by atoms with Gasteiger partial charge in [0.1, 0.15) is 6.54 Å². The van der Waals surface area contributed by atoms with Crippen molar-refractivity contribution in [2.75, 3.05) is 10.8 Å². The van der Waals surface area contributed by atoms with E-state index in [1.807, 2.05) is 31.4 Å². The Balaban J connectivity index is 1.56. The summed E-state index contributed by atoms with van der Waals surface area (Å²) in [6.45, 7) is 5.18. The number of amides is 1. The average molecular weight is 604 g/mol. The smallest absolute Gasteiger partial charge is 0.264 e. The molecule has 0 radical (unpaired) electrons. The predicted octanol–water partition coefficient (Wildman–Crippen LogP) is 6.71. The molecule has 1 amide bonds. The molecule has 0 fully saturated rings. The van der Waals surface area contributed by atoms with Crippen LogP contribution >= 0.6 is 34.8 Å². The van der Waals surface area contributed by atoms with E-state index in [0.717, 1.165) is 32.5 Å². The Morgan fingerprint density at radius 1 is 0.923 bits per heavy atom. The molecule has 1 aromatic heterocycles. The van der Waals surface area contributed by atoms with Gasteiger partial charge in [-0.3, -0.25) is 9.10 Å². The van der Waals surface area contributed by atoms with E-state index in [4.69, 9.17) is 34.8 Å². The third-order valence-electron chi connectivity index (χ3n) is 6.02. The molecule has 39 heavy (non-hydrogen) atoms. The first-order valence-corrected chi connectivity index (χ1v) is 14.4. The first kappa shape index (κ1) is 28.7. The molecular weight excluding hydrogens is 579 g/mol. The summed E-state index contributed by atoms with van der Waals surface area (Å²) >= 11 is 18.6. The van der Waals surface area contributed by atoms with Crippen LogP contribution in [0.2, 0.25) is 15.1 Å². The largest absolute Gasteiger partial charge is 0.316 e. The Hall–Kier alpha value is -3.30. The van der Waals surface area contributed by atoms with Gasteiger partial charge in [-0.1, -0.05) is 52.5 Å². The van der Waals surface area contributed by atoms with Crippen molar-refractivity contribution in [3.05, 3.63) is 110 Å². The van der Waals surface area contributed by atoms with Crippen LogP contribution in [0.4, 0.5) is 5.69 Å². The summed E-state index contributed by atoms with van der Waals surface area (Å²) in [6, 6.07) is 19.7. The lowest BCUT2D eigenvalue weighted by Crippen LogP contribution is -2.39. The number of carbonyl (C=O) groups excluding carboxylic acids is 1. The Bertz CT molecular complexity index is 1650. The van der Waals surface area contributed by atoms with Crippen molar-refractivity contribution in [3.63, 3.8) is 0 Å². The van der Waals surface area contributed by atoms with Gasteiger partial charge in [-0.15, -0.1) is 0 Å². The molecule has 0 spiro atoms. The highest BCUT2D eigenvalue weighted by Gasteiger charge is 2.27. The van der Waals surface area contributed by atoms with Crippen LogP contribution in [0.5, 0.6) is 0 Å². The van der Waals surface area contributed by atoms with Crippen LogP contribution in [0, 0.1) is 20.8 Å². The Morgan fingerprint density at radius 2 is 1.56 bits per heavy atom. The molecule has 3 aromatic carbocycles. The topological polar surface area (TPSA) is 83.8 Å². The molecule has 0 saturated heterocycles. The van der Waals surface area contributed by atoms with Crippen molar-refractivity contribution in [1.29, 1.82) is 0 Å². The van der Waals surface area contributed by atoms with Crippen molar-refractivity contribution in [3.8, 4) is 5.69 Å². The van der Waals surface area contributed by atoms with Gasteiger partial charge >= 0.3 is 0 Å². The fourth-order valence-corrected chi connectivity index (χ4v) is 5.96. The summed E-state index contributed by atoms with van der Waals surface area (Å²) < 4.78 is 29.9. The molecule has 4 aromatic rings. The number of sulfonamides is 1. The van der Waals surface area contributed by atoms with Crippen molar-refractivity contribution < 1.29 is 13.2 Å². The number of nitrogens with one attached hydrogen (secondary N) is 1. The first-order chi connectivity index (χ1) is 18.5. The number of aromatic nitrogens is 1. The summed E-state index contributed by atoms with van der Waals surface area (Å²) in [6.07, 6.45) is 1.50. The second kappa shape index (κ2) is 11.8. The van der Waals surface area contributed by atoms with Gasteiger partial charge in [-0.2, -0.15) is 5.10 Å². The molecule has 202 valence electrons. The van der Waals surface area contributed by atoms with Gasteiger partial charge in [0.05, 0.1) is 27.5 Å². The quantitative estimate of drug-likeness (QED) is 0.180. The number of benzene rings is 3. The summed E-state index contributed by atoms with van der Waals surface area (Å²) in [4.78, 5) is 12.9. The van der Waals surface area contributed by atoms with E-state index in [0.29, 0.717) is 20.8 Å². The maximum Gasteiger partial charge on any atom is 0.264 e. The minimum absolute atomic E-state index is 0.0615. The van der Waals surface area contributed by atoms with Crippen LogP contribution in [-0.4, -0.2) is 31.7 Å². The molecule has 0 atom stereocenters. The number of anilines is 1. The molecule has 11 heteroatoms. The van der Waals surface area contributed by atoms with E-state index < -0.39 is 22.5 Å². The monoisotopic (exact) mass is 602 g/mol. The van der Waals surface area contributed by atoms with Crippen molar-refractivity contribution in [2.45, 2.75) is 25.7 Å². The molecule has 4 rings (SSSR count). The number of rotatable bonds is 8. The van der Waals surface area contributed by atoms with Crippen LogP contribution in [0.3, 0.4) is 0 Å². The first-order valence-electron chi connectivity index (χ1n) is 11.8. The highest BCUT2D eigenvalue weighted by atomic mass is 35.5. The second-order valence-corrected chi connectivity index (χ2v) is 12.0. The zero-order chi connectivity index (χ0) is 28.3. The van der Waals surface area contributed by atoms with Crippen LogP contribution in [0.15, 0.2) is 82.8 Å². The van der Waals surface area contributed by atoms with Crippen LogP contribution in [-0.2, 0) is 14.8 Å². The van der Waals surface area contributed by atoms with Crippen LogP contribution in [0.25, 0.3) is 5.69 Å². The van der Waals surface area contributed by atoms with E-state index in [-0.39, 0.29) is 4.90 Å². The lowest BCUT2D eigenvalue weighted by Gasteiger charge is -2.23. The maximum absolute atomic E-state index is 13.5.